The number of aromatic nitrogens is 4. The summed E-state index contributed by atoms with van der Waals surface area (Å²) in [5, 5.41) is 22.2. The minimum Gasteiger partial charge on any atom is -0.465 e. The second kappa shape index (κ2) is 5.14. The number of carboxylic acid groups (broad SMARTS) is 1. The van der Waals surface area contributed by atoms with E-state index in [4.69, 9.17) is 5.11 Å². The Hall–Kier alpha value is -1.90. The van der Waals surface area contributed by atoms with Crippen molar-refractivity contribution in [1.82, 2.24) is 25.7 Å². The third-order valence-corrected chi connectivity index (χ3v) is 4.45. The number of H-pyrrole nitrogens is 1. The predicted octanol–water partition coefficient (Wildman–Crippen LogP) is 1.74. The van der Waals surface area contributed by atoms with Crippen molar-refractivity contribution >= 4 is 38.9 Å². The number of nitrogens with one attached hydrogen (secondary N) is 2. The van der Waals surface area contributed by atoms with E-state index in [0.717, 1.165) is 47.3 Å². The average Bonchev–Trinajstić information content (AvgIpc) is 2.90. The van der Waals surface area contributed by atoms with Crippen molar-refractivity contribution < 1.29 is 9.90 Å². The zero-order valence-corrected chi connectivity index (χ0v) is 13.0. The fourth-order valence-electron chi connectivity index (χ4n) is 2.63. The maximum Gasteiger partial charge on any atom is 0.405 e. The fourth-order valence-corrected chi connectivity index (χ4v) is 3.01. The van der Waals surface area contributed by atoms with E-state index >= 15 is 0 Å². The second-order valence-corrected chi connectivity index (χ2v) is 6.30. The molecule has 21 heavy (non-hydrogen) atoms. The van der Waals surface area contributed by atoms with Gasteiger partial charge in [-0.15, -0.1) is 5.10 Å². The fraction of sp³-hybridized carbons (Fsp3) is 0.500. The van der Waals surface area contributed by atoms with Crippen LogP contribution in [0.25, 0.3) is 11.0 Å². The van der Waals surface area contributed by atoms with E-state index in [1.54, 1.807) is 6.20 Å². The first-order chi connectivity index (χ1) is 9.98. The molecule has 3 rings (SSSR count). The molecule has 0 radical (unpaired) electrons. The molecular weight excluding hydrogens is 340 g/mol. The van der Waals surface area contributed by atoms with E-state index < -0.39 is 6.09 Å². The van der Waals surface area contributed by atoms with Gasteiger partial charge in [-0.25, -0.2) is 9.78 Å². The molecule has 0 saturated carbocycles. The Morgan fingerprint density at radius 3 is 2.90 bits per heavy atom. The summed E-state index contributed by atoms with van der Waals surface area (Å²) in [4.78, 5) is 17.4. The van der Waals surface area contributed by atoms with Crippen LogP contribution in [0.4, 0.5) is 10.6 Å². The number of rotatable bonds is 2. The summed E-state index contributed by atoms with van der Waals surface area (Å²) in [6.07, 6.45) is 2.18. The average molecular weight is 355 g/mol. The highest BCUT2D eigenvalue weighted by Crippen LogP contribution is 2.30. The Morgan fingerprint density at radius 1 is 1.52 bits per heavy atom. The minimum atomic E-state index is -0.979. The van der Waals surface area contributed by atoms with Gasteiger partial charge in [0, 0.05) is 24.8 Å². The minimum absolute atomic E-state index is 0.386. The van der Waals surface area contributed by atoms with Crippen molar-refractivity contribution in [3.8, 4) is 0 Å². The van der Waals surface area contributed by atoms with Gasteiger partial charge in [0.15, 0.2) is 5.82 Å². The van der Waals surface area contributed by atoms with Crippen molar-refractivity contribution in [2.24, 2.45) is 0 Å². The van der Waals surface area contributed by atoms with Crippen LogP contribution in [0.1, 0.15) is 19.8 Å². The molecule has 0 spiro atoms. The molecule has 3 heterocycles. The molecule has 0 bridgehead atoms. The number of hydrogen-bond donors (Lipinski definition) is 3. The van der Waals surface area contributed by atoms with Gasteiger partial charge in [0.05, 0.1) is 4.47 Å². The van der Waals surface area contributed by atoms with Crippen LogP contribution in [0.15, 0.2) is 10.7 Å². The van der Waals surface area contributed by atoms with E-state index in [0.29, 0.717) is 0 Å². The zero-order valence-electron chi connectivity index (χ0n) is 11.4. The number of fused-ring (bicyclic) bond motifs is 1. The lowest BCUT2D eigenvalue weighted by Gasteiger charge is -2.39. The number of nitrogens with zero attached hydrogens (tertiary/aromatic N) is 4. The molecule has 2 aromatic heterocycles. The Balaban J connectivity index is 1.82. The number of pyridine rings is 1. The third kappa shape index (κ3) is 2.65. The van der Waals surface area contributed by atoms with Crippen molar-refractivity contribution in [2.75, 3.05) is 18.0 Å². The first-order valence-corrected chi connectivity index (χ1v) is 7.39. The largest absolute Gasteiger partial charge is 0.465 e. The van der Waals surface area contributed by atoms with Crippen LogP contribution in [0, 0.1) is 0 Å². The topological polar surface area (TPSA) is 107 Å². The Morgan fingerprint density at radius 2 is 2.24 bits per heavy atom. The van der Waals surface area contributed by atoms with E-state index in [1.165, 1.54) is 0 Å². The van der Waals surface area contributed by atoms with E-state index in [9.17, 15) is 4.79 Å². The van der Waals surface area contributed by atoms with Gasteiger partial charge in [0.1, 0.15) is 11.0 Å². The van der Waals surface area contributed by atoms with E-state index in [2.05, 4.69) is 46.5 Å². The Labute approximate surface area is 129 Å². The van der Waals surface area contributed by atoms with Gasteiger partial charge in [-0.2, -0.15) is 0 Å². The second-order valence-electron chi connectivity index (χ2n) is 5.44. The molecule has 1 aliphatic heterocycles. The number of carbonyl (C=O) groups is 1. The molecule has 8 nitrogen and oxygen atoms in total. The summed E-state index contributed by atoms with van der Waals surface area (Å²) in [6, 6.07) is 0. The molecule has 1 fully saturated rings. The standard InChI is InChI=1S/C12H15BrN6O2/c1-12(15-11(20)21)2-4-19(5-3-12)10-9-8(16-18-17-9)7(13)6-14-10/h6,15H,2-5H2,1H3,(H,20,21)(H,16,17,18). The lowest BCUT2D eigenvalue weighted by atomic mass is 9.90. The van der Waals surface area contributed by atoms with Crippen molar-refractivity contribution in [1.29, 1.82) is 0 Å². The number of aromatic amines is 1. The summed E-state index contributed by atoms with van der Waals surface area (Å²) in [5.74, 6) is 0.801. The highest BCUT2D eigenvalue weighted by molar-refractivity contribution is 9.10. The lowest BCUT2D eigenvalue weighted by Crippen LogP contribution is -2.53. The molecule has 1 aliphatic rings. The summed E-state index contributed by atoms with van der Waals surface area (Å²) < 4.78 is 0.796. The molecule has 112 valence electrons. The molecule has 1 saturated heterocycles. The van der Waals surface area contributed by atoms with Crippen LogP contribution in [0.2, 0.25) is 0 Å². The van der Waals surface area contributed by atoms with Gasteiger partial charge in [0.2, 0.25) is 0 Å². The van der Waals surface area contributed by atoms with Crippen molar-refractivity contribution in [3.63, 3.8) is 0 Å². The number of hydrogen-bond acceptors (Lipinski definition) is 5. The Bertz CT molecular complexity index is 679. The molecule has 2 aromatic rings. The smallest absolute Gasteiger partial charge is 0.405 e. The number of anilines is 1. The zero-order chi connectivity index (χ0) is 15.0. The third-order valence-electron chi connectivity index (χ3n) is 3.87. The van der Waals surface area contributed by atoms with Gasteiger partial charge < -0.3 is 15.3 Å². The quantitative estimate of drug-likeness (QED) is 0.758. The summed E-state index contributed by atoms with van der Waals surface area (Å²) in [5.41, 5.74) is 1.15. The molecule has 1 amide bonds. The van der Waals surface area contributed by atoms with Crippen LogP contribution in [0.3, 0.4) is 0 Å². The van der Waals surface area contributed by atoms with Crippen LogP contribution in [0.5, 0.6) is 0 Å². The highest BCUT2D eigenvalue weighted by atomic mass is 79.9. The molecule has 0 aromatic carbocycles. The summed E-state index contributed by atoms with van der Waals surface area (Å²) >= 11 is 3.40. The van der Waals surface area contributed by atoms with Gasteiger partial charge in [-0.3, -0.25) is 5.10 Å². The van der Waals surface area contributed by atoms with Gasteiger partial charge in [0.25, 0.3) is 0 Å². The normalized spacial score (nSPS) is 17.9. The molecule has 0 aliphatic carbocycles. The molecule has 0 unspecified atom stereocenters. The number of amides is 1. The SMILES string of the molecule is CC1(NC(=O)O)CCN(c2ncc(Br)c3nn[nH]c23)CC1. The van der Waals surface area contributed by atoms with Gasteiger partial charge in [-0.1, -0.05) is 5.21 Å². The van der Waals surface area contributed by atoms with Gasteiger partial charge >= 0.3 is 6.09 Å². The molecule has 3 N–H and O–H groups in total. The van der Waals surface area contributed by atoms with Crippen LogP contribution in [-0.4, -0.2) is 50.2 Å². The number of piperidine rings is 1. The molecule has 9 heteroatoms. The molecular formula is C12H15BrN6O2. The van der Waals surface area contributed by atoms with Crippen LogP contribution < -0.4 is 10.2 Å². The van der Waals surface area contributed by atoms with Crippen LogP contribution in [-0.2, 0) is 0 Å². The maximum atomic E-state index is 10.8. The Kier molecular flexibility index (Phi) is 3.44. The van der Waals surface area contributed by atoms with E-state index in [-0.39, 0.29) is 5.54 Å². The highest BCUT2D eigenvalue weighted by Gasteiger charge is 2.32. The van der Waals surface area contributed by atoms with Crippen molar-refractivity contribution in [3.05, 3.63) is 10.7 Å². The summed E-state index contributed by atoms with van der Waals surface area (Å²) in [7, 11) is 0. The monoisotopic (exact) mass is 354 g/mol. The van der Waals surface area contributed by atoms with Crippen molar-refractivity contribution in [2.45, 2.75) is 25.3 Å². The predicted molar refractivity (Wildman–Crippen MR) is 80.4 cm³/mol. The lowest BCUT2D eigenvalue weighted by molar-refractivity contribution is 0.173. The first kappa shape index (κ1) is 14.1. The van der Waals surface area contributed by atoms with E-state index in [1.807, 2.05) is 6.92 Å². The first-order valence-electron chi connectivity index (χ1n) is 6.60. The summed E-state index contributed by atoms with van der Waals surface area (Å²) in [6.45, 7) is 3.37. The number of halogens is 1. The van der Waals surface area contributed by atoms with Gasteiger partial charge in [-0.05, 0) is 35.7 Å². The maximum absolute atomic E-state index is 10.8. The molecule has 0 atom stereocenters. The van der Waals surface area contributed by atoms with Crippen LogP contribution >= 0.6 is 15.9 Å².